The molecule has 0 unspecified atom stereocenters. The summed E-state index contributed by atoms with van der Waals surface area (Å²) in [5, 5.41) is 5.31. The highest BCUT2D eigenvalue weighted by molar-refractivity contribution is 6.00. The van der Waals surface area contributed by atoms with Crippen LogP contribution in [0.1, 0.15) is 24.2 Å². The van der Waals surface area contributed by atoms with Crippen LogP contribution in [0, 0.1) is 5.92 Å². The van der Waals surface area contributed by atoms with Crippen molar-refractivity contribution < 1.29 is 22.8 Å². The van der Waals surface area contributed by atoms with Crippen molar-refractivity contribution in [2.75, 3.05) is 11.9 Å². The lowest BCUT2D eigenvalue weighted by Gasteiger charge is -2.22. The van der Waals surface area contributed by atoms with E-state index in [-0.39, 0.29) is 17.3 Å². The van der Waals surface area contributed by atoms with E-state index in [4.69, 9.17) is 5.73 Å². The number of nitrogens with one attached hydrogen (secondary N) is 3. The number of alkyl halides is 3. The van der Waals surface area contributed by atoms with Crippen LogP contribution in [0.3, 0.4) is 0 Å². The van der Waals surface area contributed by atoms with Gasteiger partial charge in [0.05, 0.1) is 23.7 Å². The monoisotopic (exact) mass is 435 g/mol. The van der Waals surface area contributed by atoms with E-state index in [0.717, 1.165) is 0 Å². The number of nitrogens with two attached hydrogens (primary N) is 1. The van der Waals surface area contributed by atoms with E-state index in [9.17, 15) is 22.8 Å². The van der Waals surface area contributed by atoms with E-state index in [2.05, 4.69) is 25.3 Å². The molecule has 1 atom stereocenters. The van der Waals surface area contributed by atoms with Gasteiger partial charge in [-0.05, 0) is 12.0 Å². The molecule has 12 heteroatoms. The maximum absolute atomic E-state index is 12.4. The molecule has 0 aromatic carbocycles. The number of primary amides is 1. The van der Waals surface area contributed by atoms with E-state index >= 15 is 0 Å². The lowest BCUT2D eigenvalue weighted by molar-refractivity contribution is -0.139. The zero-order valence-corrected chi connectivity index (χ0v) is 16.6. The van der Waals surface area contributed by atoms with Gasteiger partial charge in [0.1, 0.15) is 24.1 Å². The summed E-state index contributed by atoms with van der Waals surface area (Å²) in [6.45, 7) is 1.96. The van der Waals surface area contributed by atoms with Gasteiger partial charge in [0.25, 0.3) is 0 Å². The molecule has 164 valence electrons. The van der Waals surface area contributed by atoms with Crippen molar-refractivity contribution in [1.82, 2.24) is 25.3 Å². The van der Waals surface area contributed by atoms with E-state index < -0.39 is 30.6 Å². The van der Waals surface area contributed by atoms with Gasteiger partial charge in [0.15, 0.2) is 0 Å². The predicted molar refractivity (Wildman–Crippen MR) is 107 cm³/mol. The Labute approximate surface area is 174 Å². The van der Waals surface area contributed by atoms with Gasteiger partial charge < -0.3 is 21.4 Å². The molecule has 3 aromatic heterocycles. The molecule has 5 N–H and O–H groups in total. The van der Waals surface area contributed by atoms with Crippen molar-refractivity contribution >= 4 is 28.7 Å². The fourth-order valence-corrected chi connectivity index (χ4v) is 2.91. The zero-order valence-electron chi connectivity index (χ0n) is 16.6. The Morgan fingerprint density at radius 2 is 1.97 bits per heavy atom. The molecule has 0 aliphatic carbocycles. The second-order valence-electron chi connectivity index (χ2n) is 7.18. The van der Waals surface area contributed by atoms with Crippen molar-refractivity contribution in [3.05, 3.63) is 36.4 Å². The Hall–Kier alpha value is -3.70. The summed E-state index contributed by atoms with van der Waals surface area (Å²) in [6, 6.07) is 0.609. The molecule has 0 aliphatic heterocycles. The van der Waals surface area contributed by atoms with E-state index in [1.165, 1.54) is 18.6 Å². The maximum atomic E-state index is 12.4. The van der Waals surface area contributed by atoms with Gasteiger partial charge in [-0.1, -0.05) is 13.8 Å². The Balaban J connectivity index is 1.87. The Morgan fingerprint density at radius 3 is 2.61 bits per heavy atom. The number of anilines is 1. The normalized spacial score (nSPS) is 12.7. The molecule has 0 aliphatic rings. The molecule has 3 aromatic rings. The summed E-state index contributed by atoms with van der Waals surface area (Å²) in [6.07, 6.45) is 1.30. The third kappa shape index (κ3) is 5.27. The number of H-pyrrole nitrogens is 1. The van der Waals surface area contributed by atoms with Crippen LogP contribution < -0.4 is 16.4 Å². The fraction of sp³-hybridized carbons (Fsp3) is 0.316. The second-order valence-corrected chi connectivity index (χ2v) is 7.18. The van der Waals surface area contributed by atoms with Crippen LogP contribution >= 0.6 is 0 Å². The number of nitrogens with zero attached hydrogens (tertiary/aromatic N) is 3. The Morgan fingerprint density at radius 1 is 1.23 bits per heavy atom. The molecule has 2 amide bonds. The quantitative estimate of drug-likeness (QED) is 0.449. The van der Waals surface area contributed by atoms with Gasteiger partial charge >= 0.3 is 6.18 Å². The van der Waals surface area contributed by atoms with Crippen LogP contribution in [0.2, 0.25) is 0 Å². The summed E-state index contributed by atoms with van der Waals surface area (Å²) in [5.74, 6) is -1.56. The van der Waals surface area contributed by atoms with Crippen LogP contribution in [0.4, 0.5) is 19.0 Å². The van der Waals surface area contributed by atoms with Gasteiger partial charge in [0, 0.05) is 23.3 Å². The van der Waals surface area contributed by atoms with Crippen LogP contribution in [-0.2, 0) is 4.79 Å². The maximum Gasteiger partial charge on any atom is 0.405 e. The van der Waals surface area contributed by atoms with Crippen LogP contribution in [0.25, 0.3) is 22.3 Å². The predicted octanol–water partition coefficient (Wildman–Crippen LogP) is 2.23. The van der Waals surface area contributed by atoms with E-state index in [0.29, 0.717) is 22.3 Å². The molecule has 0 spiro atoms. The summed E-state index contributed by atoms with van der Waals surface area (Å²) in [4.78, 5) is 39.3. The molecule has 31 heavy (non-hydrogen) atoms. The number of hydrogen-bond donors (Lipinski definition) is 4. The zero-order chi connectivity index (χ0) is 22.8. The highest BCUT2D eigenvalue weighted by atomic mass is 19.4. The molecule has 0 radical (unpaired) electrons. The van der Waals surface area contributed by atoms with Crippen molar-refractivity contribution in [3.63, 3.8) is 0 Å². The SMILES string of the molecule is CC(C)[C@@H](Nc1cncc(-c2c[nH]c3ncc(C(N)=O)cc23)n1)C(=O)NCC(F)(F)F. The second kappa shape index (κ2) is 8.58. The number of pyridine rings is 1. The molecule has 9 nitrogen and oxygen atoms in total. The van der Waals surface area contributed by atoms with Crippen molar-refractivity contribution in [3.8, 4) is 11.3 Å². The summed E-state index contributed by atoms with van der Waals surface area (Å²) < 4.78 is 37.3. The number of amides is 2. The van der Waals surface area contributed by atoms with Crippen LogP contribution in [0.5, 0.6) is 0 Å². The Kier molecular flexibility index (Phi) is 6.09. The number of fused-ring (bicyclic) bond motifs is 1. The molecule has 0 bridgehead atoms. The van der Waals surface area contributed by atoms with Gasteiger partial charge in [-0.25, -0.2) is 9.97 Å². The molecular formula is C19H20F3N7O2. The first-order valence-electron chi connectivity index (χ1n) is 9.25. The van der Waals surface area contributed by atoms with E-state index in [1.54, 1.807) is 26.1 Å². The lowest BCUT2D eigenvalue weighted by Crippen LogP contribution is -2.46. The standard InChI is InChI=1S/C19H20F3N7O2/c1-9(2)15(18(31)27-8-19(20,21)22)29-14-7-24-6-13(28-14)12-5-26-17-11(12)3-10(4-25-17)16(23)30/h3-7,9,15H,8H2,1-2H3,(H2,23,30)(H,25,26)(H,27,31)(H,28,29)/t15-/m1/s1. The molecule has 0 saturated carbocycles. The molecule has 0 saturated heterocycles. The first kappa shape index (κ1) is 22.0. The number of carbonyl (C=O) groups excluding carboxylic acids is 2. The number of hydrogen-bond acceptors (Lipinski definition) is 6. The largest absolute Gasteiger partial charge is 0.405 e. The number of rotatable bonds is 7. The number of halogens is 3. The minimum atomic E-state index is -4.51. The molecule has 0 fully saturated rings. The molecular weight excluding hydrogens is 415 g/mol. The van der Waals surface area contributed by atoms with Gasteiger partial charge in [-0.3, -0.25) is 14.6 Å². The van der Waals surface area contributed by atoms with Crippen LogP contribution in [-0.4, -0.2) is 50.5 Å². The lowest BCUT2D eigenvalue weighted by atomic mass is 10.0. The third-order valence-corrected chi connectivity index (χ3v) is 4.44. The van der Waals surface area contributed by atoms with Gasteiger partial charge in [-0.2, -0.15) is 13.2 Å². The minimum absolute atomic E-state index is 0.201. The van der Waals surface area contributed by atoms with E-state index in [1.807, 2.05) is 5.32 Å². The van der Waals surface area contributed by atoms with Crippen molar-refractivity contribution in [1.29, 1.82) is 0 Å². The highest BCUT2D eigenvalue weighted by Crippen LogP contribution is 2.27. The summed E-state index contributed by atoms with van der Waals surface area (Å²) >= 11 is 0. The highest BCUT2D eigenvalue weighted by Gasteiger charge is 2.30. The third-order valence-electron chi connectivity index (χ3n) is 4.44. The first-order valence-corrected chi connectivity index (χ1v) is 9.25. The minimum Gasteiger partial charge on any atom is -0.366 e. The van der Waals surface area contributed by atoms with Crippen molar-refractivity contribution in [2.45, 2.75) is 26.1 Å². The van der Waals surface area contributed by atoms with Gasteiger partial charge in [0.2, 0.25) is 11.8 Å². The summed E-state index contributed by atoms with van der Waals surface area (Å²) in [7, 11) is 0. The fourth-order valence-electron chi connectivity index (χ4n) is 2.91. The molecule has 3 rings (SSSR count). The topological polar surface area (TPSA) is 139 Å². The average molecular weight is 435 g/mol. The van der Waals surface area contributed by atoms with Crippen molar-refractivity contribution in [2.24, 2.45) is 11.7 Å². The average Bonchev–Trinajstić information content (AvgIpc) is 3.13. The van der Waals surface area contributed by atoms with Crippen LogP contribution in [0.15, 0.2) is 30.9 Å². The first-order chi connectivity index (χ1) is 14.5. The number of carbonyl (C=O) groups is 2. The smallest absolute Gasteiger partial charge is 0.366 e. The summed E-state index contributed by atoms with van der Waals surface area (Å²) in [5.41, 5.74) is 7.03. The molecule has 3 heterocycles. The Bertz CT molecular complexity index is 1110. The number of aromatic amines is 1. The number of aromatic nitrogens is 4. The van der Waals surface area contributed by atoms with Gasteiger partial charge in [-0.15, -0.1) is 0 Å².